The lowest BCUT2D eigenvalue weighted by Gasteiger charge is -2.13. The molecule has 1 aromatic carbocycles. The third kappa shape index (κ3) is 2.56. The van der Waals surface area contributed by atoms with Crippen molar-refractivity contribution in [2.75, 3.05) is 18.9 Å². The van der Waals surface area contributed by atoms with Gasteiger partial charge < -0.3 is 10.5 Å². The van der Waals surface area contributed by atoms with Crippen LogP contribution in [0.4, 0.5) is 10.1 Å². The van der Waals surface area contributed by atoms with Crippen molar-refractivity contribution in [2.24, 2.45) is 0 Å². The van der Waals surface area contributed by atoms with Gasteiger partial charge in [-0.15, -0.1) is 0 Å². The van der Waals surface area contributed by atoms with Gasteiger partial charge in [0.05, 0.1) is 12.3 Å². The minimum atomic E-state index is -3.94. The van der Waals surface area contributed by atoms with Crippen LogP contribution in [-0.4, -0.2) is 27.7 Å². The van der Waals surface area contributed by atoms with Crippen molar-refractivity contribution < 1.29 is 17.5 Å². The molecule has 1 aromatic rings. The zero-order chi connectivity index (χ0) is 12.5. The van der Waals surface area contributed by atoms with Crippen molar-refractivity contribution in [3.63, 3.8) is 0 Å². The summed E-state index contributed by atoms with van der Waals surface area (Å²) < 4.78 is 44.8. The first-order valence-corrected chi connectivity index (χ1v) is 6.63. The molecular weight excluding hydrogens is 247 g/mol. The lowest BCUT2D eigenvalue weighted by atomic mass is 10.3. The number of sulfonamides is 1. The Morgan fingerprint density at radius 1 is 1.47 bits per heavy atom. The van der Waals surface area contributed by atoms with Crippen LogP contribution in [0.25, 0.3) is 0 Å². The molecule has 17 heavy (non-hydrogen) atoms. The highest BCUT2D eigenvalue weighted by Crippen LogP contribution is 2.22. The SMILES string of the molecule is Nc1cccc(F)c1S(=O)(=O)NC1CCOC1. The van der Waals surface area contributed by atoms with Crippen molar-refractivity contribution >= 4 is 15.7 Å². The van der Waals surface area contributed by atoms with Gasteiger partial charge in [-0.05, 0) is 18.6 Å². The Labute approximate surface area is 98.8 Å². The van der Waals surface area contributed by atoms with E-state index in [1.807, 2.05) is 0 Å². The number of hydrogen-bond acceptors (Lipinski definition) is 4. The molecule has 5 nitrogen and oxygen atoms in total. The Balaban J connectivity index is 2.31. The molecule has 0 aliphatic carbocycles. The topological polar surface area (TPSA) is 81.4 Å². The first kappa shape index (κ1) is 12.3. The molecule has 1 heterocycles. The number of ether oxygens (including phenoxy) is 1. The number of anilines is 1. The number of halogens is 1. The summed E-state index contributed by atoms with van der Waals surface area (Å²) in [6, 6.07) is 3.46. The van der Waals surface area contributed by atoms with Gasteiger partial charge in [-0.25, -0.2) is 17.5 Å². The predicted molar refractivity (Wildman–Crippen MR) is 60.4 cm³/mol. The van der Waals surface area contributed by atoms with E-state index in [-0.39, 0.29) is 11.7 Å². The lowest BCUT2D eigenvalue weighted by molar-refractivity contribution is 0.192. The summed E-state index contributed by atoms with van der Waals surface area (Å²) in [6.07, 6.45) is 0.577. The fraction of sp³-hybridized carbons (Fsp3) is 0.400. The van der Waals surface area contributed by atoms with Crippen LogP contribution in [0.1, 0.15) is 6.42 Å². The third-order valence-corrected chi connectivity index (χ3v) is 4.13. The summed E-state index contributed by atoms with van der Waals surface area (Å²) in [5.41, 5.74) is 5.39. The Bertz CT molecular complexity index is 492. The first-order chi connectivity index (χ1) is 8.00. The molecule has 0 saturated carbocycles. The van der Waals surface area contributed by atoms with Gasteiger partial charge in [0.1, 0.15) is 10.7 Å². The molecule has 94 valence electrons. The minimum absolute atomic E-state index is 0.101. The average Bonchev–Trinajstić information content (AvgIpc) is 2.68. The highest BCUT2D eigenvalue weighted by Gasteiger charge is 2.27. The van der Waals surface area contributed by atoms with Gasteiger partial charge in [0.15, 0.2) is 0 Å². The molecule has 0 bridgehead atoms. The normalized spacial score (nSPS) is 20.6. The van der Waals surface area contributed by atoms with Gasteiger partial charge in [0.2, 0.25) is 10.0 Å². The monoisotopic (exact) mass is 260 g/mol. The molecule has 2 rings (SSSR count). The second-order valence-electron chi connectivity index (χ2n) is 3.84. The number of hydrogen-bond donors (Lipinski definition) is 2. The summed E-state index contributed by atoms with van der Waals surface area (Å²) in [5, 5.41) is 0. The van der Waals surface area contributed by atoms with E-state index in [9.17, 15) is 12.8 Å². The van der Waals surface area contributed by atoms with E-state index < -0.39 is 20.7 Å². The van der Waals surface area contributed by atoms with E-state index in [1.54, 1.807) is 0 Å². The van der Waals surface area contributed by atoms with Crippen molar-refractivity contribution in [2.45, 2.75) is 17.4 Å². The fourth-order valence-electron chi connectivity index (χ4n) is 1.71. The average molecular weight is 260 g/mol. The summed E-state index contributed by atoms with van der Waals surface area (Å²) in [5.74, 6) is -0.851. The van der Waals surface area contributed by atoms with Crippen LogP contribution in [-0.2, 0) is 14.8 Å². The van der Waals surface area contributed by atoms with Crippen LogP contribution < -0.4 is 10.5 Å². The van der Waals surface area contributed by atoms with E-state index in [0.29, 0.717) is 19.6 Å². The quantitative estimate of drug-likeness (QED) is 0.774. The Morgan fingerprint density at radius 2 is 2.24 bits per heavy atom. The maximum Gasteiger partial charge on any atom is 0.245 e. The molecule has 1 fully saturated rings. The van der Waals surface area contributed by atoms with Crippen LogP contribution in [0.3, 0.4) is 0 Å². The molecular formula is C10H13FN2O3S. The van der Waals surface area contributed by atoms with Gasteiger partial charge in [-0.3, -0.25) is 0 Å². The summed E-state index contributed by atoms with van der Waals surface area (Å²) >= 11 is 0. The number of benzene rings is 1. The van der Waals surface area contributed by atoms with Gasteiger partial charge in [0.25, 0.3) is 0 Å². The maximum atomic E-state index is 13.5. The molecule has 1 unspecified atom stereocenters. The smallest absolute Gasteiger partial charge is 0.245 e. The Kier molecular flexibility index (Phi) is 3.32. The zero-order valence-electron chi connectivity index (χ0n) is 9.02. The standard InChI is InChI=1S/C10H13FN2O3S/c11-8-2-1-3-9(12)10(8)17(14,15)13-7-4-5-16-6-7/h1-3,7,13H,4-6,12H2. The maximum absolute atomic E-state index is 13.5. The van der Waals surface area contributed by atoms with E-state index in [1.165, 1.54) is 12.1 Å². The molecule has 1 aliphatic heterocycles. The van der Waals surface area contributed by atoms with E-state index >= 15 is 0 Å². The first-order valence-electron chi connectivity index (χ1n) is 5.15. The zero-order valence-corrected chi connectivity index (χ0v) is 9.84. The van der Waals surface area contributed by atoms with E-state index in [0.717, 1.165) is 6.07 Å². The van der Waals surface area contributed by atoms with Crippen molar-refractivity contribution in [3.8, 4) is 0 Å². The third-order valence-electron chi connectivity index (χ3n) is 2.52. The van der Waals surface area contributed by atoms with E-state index in [2.05, 4.69) is 4.72 Å². The summed E-state index contributed by atoms with van der Waals surface area (Å²) in [7, 11) is -3.94. The molecule has 1 aliphatic rings. The van der Waals surface area contributed by atoms with Gasteiger partial charge in [0, 0.05) is 12.6 Å². The number of nitrogens with two attached hydrogens (primary N) is 1. The fourth-order valence-corrected chi connectivity index (χ4v) is 3.16. The summed E-state index contributed by atoms with van der Waals surface area (Å²) in [4.78, 5) is -0.494. The predicted octanol–water partition coefficient (Wildman–Crippen LogP) is 0.475. The Hall–Kier alpha value is -1.18. The molecule has 0 aromatic heterocycles. The second kappa shape index (κ2) is 4.59. The highest BCUT2D eigenvalue weighted by atomic mass is 32.2. The minimum Gasteiger partial charge on any atom is -0.398 e. The van der Waals surface area contributed by atoms with Crippen molar-refractivity contribution in [1.29, 1.82) is 0 Å². The van der Waals surface area contributed by atoms with Gasteiger partial charge in [-0.1, -0.05) is 6.07 Å². The highest BCUT2D eigenvalue weighted by molar-refractivity contribution is 7.89. The molecule has 0 radical (unpaired) electrons. The summed E-state index contributed by atoms with van der Waals surface area (Å²) in [6.45, 7) is 0.799. The lowest BCUT2D eigenvalue weighted by Crippen LogP contribution is -2.35. The number of nitrogen functional groups attached to an aromatic ring is 1. The molecule has 1 atom stereocenters. The molecule has 7 heteroatoms. The molecule has 0 amide bonds. The van der Waals surface area contributed by atoms with Crippen LogP contribution in [0.2, 0.25) is 0 Å². The molecule has 1 saturated heterocycles. The largest absolute Gasteiger partial charge is 0.398 e. The molecule has 0 spiro atoms. The van der Waals surface area contributed by atoms with Crippen LogP contribution in [0.5, 0.6) is 0 Å². The number of rotatable bonds is 3. The Morgan fingerprint density at radius 3 is 2.82 bits per heavy atom. The van der Waals surface area contributed by atoms with Gasteiger partial charge >= 0.3 is 0 Å². The van der Waals surface area contributed by atoms with Crippen LogP contribution in [0.15, 0.2) is 23.1 Å². The molecule has 3 N–H and O–H groups in total. The van der Waals surface area contributed by atoms with Gasteiger partial charge in [-0.2, -0.15) is 0 Å². The van der Waals surface area contributed by atoms with Crippen molar-refractivity contribution in [3.05, 3.63) is 24.0 Å². The van der Waals surface area contributed by atoms with Crippen LogP contribution >= 0.6 is 0 Å². The second-order valence-corrected chi connectivity index (χ2v) is 5.49. The van der Waals surface area contributed by atoms with E-state index in [4.69, 9.17) is 10.5 Å². The number of nitrogens with one attached hydrogen (secondary N) is 1. The van der Waals surface area contributed by atoms with Crippen LogP contribution in [0, 0.1) is 5.82 Å². The van der Waals surface area contributed by atoms with Crippen molar-refractivity contribution in [1.82, 2.24) is 4.72 Å².